The van der Waals surface area contributed by atoms with Gasteiger partial charge in [0.2, 0.25) is 0 Å². The SMILES string of the molecule is Fc1ccc(-c2[nH]ncc2CN2CCN(c3ncc(C(F)(F)F)cc3Cl)CC2)cc1. The highest BCUT2D eigenvalue weighted by Crippen LogP contribution is 2.34. The maximum Gasteiger partial charge on any atom is 0.417 e. The zero-order valence-electron chi connectivity index (χ0n) is 15.8. The third kappa shape index (κ3) is 4.41. The van der Waals surface area contributed by atoms with Crippen LogP contribution >= 0.6 is 11.6 Å². The molecule has 0 bridgehead atoms. The highest BCUT2D eigenvalue weighted by atomic mass is 35.5. The van der Waals surface area contributed by atoms with E-state index in [1.807, 2.05) is 4.90 Å². The number of hydrogen-bond acceptors (Lipinski definition) is 4. The molecule has 1 aliphatic heterocycles. The predicted octanol–water partition coefficient (Wildman–Crippen LogP) is 4.61. The van der Waals surface area contributed by atoms with Gasteiger partial charge in [0.1, 0.15) is 11.6 Å². The molecule has 4 rings (SSSR count). The molecular formula is C20H18ClF4N5. The van der Waals surface area contributed by atoms with Crippen LogP contribution in [-0.4, -0.2) is 46.3 Å². The molecule has 1 N–H and O–H groups in total. The average molecular weight is 440 g/mol. The fourth-order valence-corrected chi connectivity index (χ4v) is 3.76. The molecule has 3 aromatic rings. The monoisotopic (exact) mass is 439 g/mol. The molecule has 0 spiro atoms. The summed E-state index contributed by atoms with van der Waals surface area (Å²) in [5, 5.41) is 7.07. The molecule has 0 aliphatic carbocycles. The van der Waals surface area contributed by atoms with E-state index in [-0.39, 0.29) is 10.8 Å². The fourth-order valence-electron chi connectivity index (χ4n) is 3.47. The Hall–Kier alpha value is -2.65. The minimum Gasteiger partial charge on any atom is -0.353 e. The van der Waals surface area contributed by atoms with Gasteiger partial charge >= 0.3 is 6.18 Å². The number of benzene rings is 1. The van der Waals surface area contributed by atoms with Crippen molar-refractivity contribution in [3.63, 3.8) is 0 Å². The second-order valence-electron chi connectivity index (χ2n) is 7.07. The molecule has 0 atom stereocenters. The van der Waals surface area contributed by atoms with Gasteiger partial charge in [0, 0.05) is 50.0 Å². The molecule has 0 amide bonds. The van der Waals surface area contributed by atoms with Crippen LogP contribution < -0.4 is 4.90 Å². The maximum absolute atomic E-state index is 13.2. The van der Waals surface area contributed by atoms with Gasteiger partial charge in [-0.05, 0) is 30.3 Å². The Balaban J connectivity index is 1.40. The molecule has 5 nitrogen and oxygen atoms in total. The number of pyridine rings is 1. The number of nitrogens with zero attached hydrogens (tertiary/aromatic N) is 4. The van der Waals surface area contributed by atoms with E-state index >= 15 is 0 Å². The summed E-state index contributed by atoms with van der Waals surface area (Å²) >= 11 is 6.06. The number of piperazine rings is 1. The Kier molecular flexibility index (Phi) is 5.66. The molecule has 3 heterocycles. The first-order chi connectivity index (χ1) is 14.3. The summed E-state index contributed by atoms with van der Waals surface area (Å²) in [5.74, 6) is 0.0612. The van der Waals surface area contributed by atoms with Crippen LogP contribution in [-0.2, 0) is 12.7 Å². The molecule has 0 unspecified atom stereocenters. The number of nitrogens with one attached hydrogen (secondary N) is 1. The van der Waals surface area contributed by atoms with E-state index in [4.69, 9.17) is 11.6 Å². The van der Waals surface area contributed by atoms with Crippen molar-refractivity contribution in [2.24, 2.45) is 0 Å². The molecule has 1 aliphatic rings. The fraction of sp³-hybridized carbons (Fsp3) is 0.300. The quantitative estimate of drug-likeness (QED) is 0.603. The van der Waals surface area contributed by atoms with Crippen molar-refractivity contribution in [1.82, 2.24) is 20.1 Å². The van der Waals surface area contributed by atoms with Crippen LogP contribution in [0.5, 0.6) is 0 Å². The van der Waals surface area contributed by atoms with Gasteiger partial charge in [0.05, 0.1) is 22.5 Å². The van der Waals surface area contributed by atoms with Crippen LogP contribution in [0.1, 0.15) is 11.1 Å². The van der Waals surface area contributed by atoms with Gasteiger partial charge in [0.15, 0.2) is 0 Å². The Morgan fingerprint density at radius 3 is 2.37 bits per heavy atom. The molecular weight excluding hydrogens is 422 g/mol. The summed E-state index contributed by atoms with van der Waals surface area (Å²) in [4.78, 5) is 8.04. The number of rotatable bonds is 4. The Morgan fingerprint density at radius 1 is 1.03 bits per heavy atom. The number of aromatic nitrogens is 3. The minimum absolute atomic E-state index is 0.00768. The van der Waals surface area contributed by atoms with Crippen molar-refractivity contribution < 1.29 is 17.6 Å². The minimum atomic E-state index is -4.47. The van der Waals surface area contributed by atoms with Gasteiger partial charge in [-0.25, -0.2) is 9.37 Å². The largest absolute Gasteiger partial charge is 0.417 e. The van der Waals surface area contributed by atoms with Crippen molar-refractivity contribution in [3.8, 4) is 11.3 Å². The zero-order valence-corrected chi connectivity index (χ0v) is 16.5. The van der Waals surface area contributed by atoms with E-state index in [1.54, 1.807) is 18.3 Å². The molecule has 2 aromatic heterocycles. The third-order valence-corrected chi connectivity index (χ3v) is 5.34. The van der Waals surface area contributed by atoms with Gasteiger partial charge in [-0.3, -0.25) is 10.00 Å². The molecule has 10 heteroatoms. The van der Waals surface area contributed by atoms with Gasteiger partial charge < -0.3 is 4.90 Å². The average Bonchev–Trinajstić information content (AvgIpc) is 3.17. The highest BCUT2D eigenvalue weighted by Gasteiger charge is 2.32. The molecule has 1 fully saturated rings. The van der Waals surface area contributed by atoms with Crippen LogP contribution in [0.25, 0.3) is 11.3 Å². The third-order valence-electron chi connectivity index (χ3n) is 5.07. The summed E-state index contributed by atoms with van der Waals surface area (Å²) in [7, 11) is 0. The second-order valence-corrected chi connectivity index (χ2v) is 7.47. The van der Waals surface area contributed by atoms with Crippen molar-refractivity contribution in [3.05, 3.63) is 64.7 Å². The first kappa shape index (κ1) is 20.6. The summed E-state index contributed by atoms with van der Waals surface area (Å²) < 4.78 is 51.6. The van der Waals surface area contributed by atoms with Crippen molar-refractivity contribution >= 4 is 17.4 Å². The number of hydrogen-bond donors (Lipinski definition) is 1. The van der Waals surface area contributed by atoms with Gasteiger partial charge in [0.25, 0.3) is 0 Å². The van der Waals surface area contributed by atoms with Crippen molar-refractivity contribution in [1.29, 1.82) is 0 Å². The summed E-state index contributed by atoms with van der Waals surface area (Å²) in [6, 6.07) is 7.11. The van der Waals surface area contributed by atoms with E-state index < -0.39 is 11.7 Å². The van der Waals surface area contributed by atoms with Crippen LogP contribution in [0.3, 0.4) is 0 Å². The first-order valence-corrected chi connectivity index (χ1v) is 9.67. The zero-order chi connectivity index (χ0) is 21.3. The van der Waals surface area contributed by atoms with Crippen LogP contribution in [0, 0.1) is 5.82 Å². The lowest BCUT2D eigenvalue weighted by Crippen LogP contribution is -2.46. The maximum atomic E-state index is 13.2. The van der Waals surface area contributed by atoms with E-state index in [0.29, 0.717) is 38.5 Å². The lowest BCUT2D eigenvalue weighted by atomic mass is 10.1. The Bertz CT molecular complexity index is 1010. The van der Waals surface area contributed by atoms with Crippen LogP contribution in [0.4, 0.5) is 23.4 Å². The van der Waals surface area contributed by atoms with E-state index in [1.165, 1.54) is 12.1 Å². The number of halogens is 5. The standard InChI is InChI=1S/C20H18ClF4N5/c21-17-9-15(20(23,24)25)11-26-19(17)30-7-5-29(6-8-30)12-14-10-27-28-18(14)13-1-3-16(22)4-2-13/h1-4,9-11H,5-8,12H2,(H,27,28). The number of alkyl halides is 3. The molecule has 0 saturated carbocycles. The summed E-state index contributed by atoms with van der Waals surface area (Å²) in [5.41, 5.74) is 1.82. The lowest BCUT2D eigenvalue weighted by Gasteiger charge is -2.35. The van der Waals surface area contributed by atoms with Gasteiger partial charge in [-0.15, -0.1) is 0 Å². The number of aromatic amines is 1. The Labute approximate surface area is 175 Å². The van der Waals surface area contributed by atoms with Crippen molar-refractivity contribution in [2.75, 3.05) is 31.1 Å². The van der Waals surface area contributed by atoms with E-state index in [9.17, 15) is 17.6 Å². The smallest absolute Gasteiger partial charge is 0.353 e. The summed E-state index contributed by atoms with van der Waals surface area (Å²) in [6.07, 6.45) is -1.91. The molecule has 1 saturated heterocycles. The van der Waals surface area contributed by atoms with E-state index in [2.05, 4.69) is 20.1 Å². The molecule has 0 radical (unpaired) electrons. The normalized spacial score (nSPS) is 15.6. The summed E-state index contributed by atoms with van der Waals surface area (Å²) in [6.45, 7) is 3.19. The first-order valence-electron chi connectivity index (χ1n) is 9.29. The van der Waals surface area contributed by atoms with Crippen LogP contribution in [0.2, 0.25) is 5.02 Å². The topological polar surface area (TPSA) is 48.1 Å². The Morgan fingerprint density at radius 2 is 1.73 bits per heavy atom. The van der Waals surface area contributed by atoms with Gasteiger partial charge in [-0.1, -0.05) is 11.6 Å². The van der Waals surface area contributed by atoms with Gasteiger partial charge in [-0.2, -0.15) is 18.3 Å². The molecule has 1 aromatic carbocycles. The number of H-pyrrole nitrogens is 1. The second kappa shape index (κ2) is 8.23. The lowest BCUT2D eigenvalue weighted by molar-refractivity contribution is -0.137. The molecule has 30 heavy (non-hydrogen) atoms. The predicted molar refractivity (Wildman–Crippen MR) is 106 cm³/mol. The number of anilines is 1. The van der Waals surface area contributed by atoms with Crippen molar-refractivity contribution in [2.45, 2.75) is 12.7 Å². The van der Waals surface area contributed by atoms with E-state index in [0.717, 1.165) is 29.1 Å². The van der Waals surface area contributed by atoms with Crippen LogP contribution in [0.15, 0.2) is 42.7 Å². The highest BCUT2D eigenvalue weighted by molar-refractivity contribution is 6.33. The molecule has 158 valence electrons.